The van der Waals surface area contributed by atoms with Gasteiger partial charge in [0.25, 0.3) is 0 Å². The first-order valence-corrected chi connectivity index (χ1v) is 5.94. The molecular weight excluding hydrogens is 246 g/mol. The van der Waals surface area contributed by atoms with Crippen LogP contribution >= 0.6 is 0 Å². The number of hydrogen-bond donors (Lipinski definition) is 1. The molecule has 19 heavy (non-hydrogen) atoms. The second-order valence-electron chi connectivity index (χ2n) is 3.95. The maximum Gasteiger partial charge on any atom is 0.176 e. The molecule has 0 fully saturated rings. The molecule has 0 unspecified atom stereocenters. The van der Waals surface area contributed by atoms with E-state index in [1.54, 1.807) is 14.2 Å². The highest BCUT2D eigenvalue weighted by atomic mass is 16.5. The summed E-state index contributed by atoms with van der Waals surface area (Å²) in [7, 11) is 3.24. The lowest BCUT2D eigenvalue weighted by Gasteiger charge is -2.09. The summed E-state index contributed by atoms with van der Waals surface area (Å²) >= 11 is 0. The van der Waals surface area contributed by atoms with Crippen molar-refractivity contribution >= 4 is 0 Å². The molecule has 0 bridgehead atoms. The summed E-state index contributed by atoms with van der Waals surface area (Å²) in [5, 5.41) is 12.1. The Kier molecular flexibility index (Phi) is 4.30. The third kappa shape index (κ3) is 3.19. The first kappa shape index (κ1) is 13.3. The zero-order valence-electron chi connectivity index (χ0n) is 11.0. The largest absolute Gasteiger partial charge is 0.497 e. The summed E-state index contributed by atoms with van der Waals surface area (Å²) in [6.45, 7) is 1.00. The fourth-order valence-electron chi connectivity index (χ4n) is 1.71. The minimum absolute atomic E-state index is 0.491. The van der Waals surface area contributed by atoms with Crippen LogP contribution in [0.3, 0.4) is 0 Å². The topological polar surface area (TPSA) is 88.1 Å². The lowest BCUT2D eigenvalue weighted by atomic mass is 10.2. The monoisotopic (exact) mass is 263 g/mol. The molecule has 2 aromatic rings. The molecule has 2 N–H and O–H groups in total. The van der Waals surface area contributed by atoms with E-state index in [1.807, 2.05) is 18.2 Å². The van der Waals surface area contributed by atoms with Gasteiger partial charge in [0.15, 0.2) is 5.82 Å². The van der Waals surface area contributed by atoms with Crippen LogP contribution < -0.4 is 15.2 Å². The van der Waals surface area contributed by atoms with Gasteiger partial charge in [-0.1, -0.05) is 0 Å². The van der Waals surface area contributed by atoms with Crippen LogP contribution in [-0.2, 0) is 13.0 Å². The summed E-state index contributed by atoms with van der Waals surface area (Å²) in [5.41, 5.74) is 6.41. The van der Waals surface area contributed by atoms with E-state index in [2.05, 4.69) is 15.4 Å². The molecule has 0 aliphatic rings. The quantitative estimate of drug-likeness (QED) is 0.803. The molecule has 1 aromatic heterocycles. The SMILES string of the molecule is COc1ccc(Cn2nnc(CCN)n2)c(OC)c1. The maximum absolute atomic E-state index is 5.45. The van der Waals surface area contributed by atoms with Gasteiger partial charge in [0, 0.05) is 18.1 Å². The number of aromatic nitrogens is 4. The lowest BCUT2D eigenvalue weighted by Crippen LogP contribution is -2.07. The number of nitrogens with two attached hydrogens (primary N) is 1. The number of methoxy groups -OCH3 is 2. The van der Waals surface area contributed by atoms with Gasteiger partial charge in [-0.25, -0.2) is 0 Å². The zero-order chi connectivity index (χ0) is 13.7. The number of rotatable bonds is 6. The van der Waals surface area contributed by atoms with Gasteiger partial charge in [0.1, 0.15) is 11.5 Å². The van der Waals surface area contributed by atoms with E-state index in [0.717, 1.165) is 17.1 Å². The molecule has 0 amide bonds. The highest BCUT2D eigenvalue weighted by molar-refractivity contribution is 5.40. The third-order valence-corrected chi connectivity index (χ3v) is 2.67. The maximum atomic E-state index is 5.45. The minimum Gasteiger partial charge on any atom is -0.497 e. The Balaban J connectivity index is 2.17. The summed E-state index contributed by atoms with van der Waals surface area (Å²) in [6.07, 6.45) is 0.625. The molecule has 0 saturated carbocycles. The Morgan fingerprint density at radius 1 is 1.26 bits per heavy atom. The van der Waals surface area contributed by atoms with Crippen molar-refractivity contribution in [2.24, 2.45) is 5.73 Å². The van der Waals surface area contributed by atoms with E-state index in [-0.39, 0.29) is 0 Å². The van der Waals surface area contributed by atoms with Gasteiger partial charge in [-0.2, -0.15) is 4.80 Å². The number of benzene rings is 1. The van der Waals surface area contributed by atoms with Gasteiger partial charge in [0.2, 0.25) is 0 Å². The van der Waals surface area contributed by atoms with Crippen LogP contribution in [-0.4, -0.2) is 41.0 Å². The van der Waals surface area contributed by atoms with Crippen molar-refractivity contribution < 1.29 is 9.47 Å². The highest BCUT2D eigenvalue weighted by Crippen LogP contribution is 2.24. The summed E-state index contributed by atoms with van der Waals surface area (Å²) in [6, 6.07) is 5.62. The molecule has 1 heterocycles. The average Bonchev–Trinajstić information content (AvgIpc) is 2.87. The second-order valence-corrected chi connectivity index (χ2v) is 3.95. The van der Waals surface area contributed by atoms with E-state index in [9.17, 15) is 0 Å². The van der Waals surface area contributed by atoms with Gasteiger partial charge < -0.3 is 15.2 Å². The highest BCUT2D eigenvalue weighted by Gasteiger charge is 2.08. The molecule has 0 atom stereocenters. The Hall–Kier alpha value is -2.15. The van der Waals surface area contributed by atoms with Gasteiger partial charge in [0.05, 0.1) is 20.8 Å². The summed E-state index contributed by atoms with van der Waals surface area (Å²) in [5.74, 6) is 2.13. The molecule has 2 rings (SSSR count). The van der Waals surface area contributed by atoms with Crippen molar-refractivity contribution in [3.63, 3.8) is 0 Å². The van der Waals surface area contributed by atoms with Crippen LogP contribution in [0.15, 0.2) is 18.2 Å². The first-order chi connectivity index (χ1) is 9.26. The van der Waals surface area contributed by atoms with Gasteiger partial charge >= 0.3 is 0 Å². The normalized spacial score (nSPS) is 10.5. The zero-order valence-corrected chi connectivity index (χ0v) is 11.0. The predicted octanol–water partition coefficient (Wildman–Crippen LogP) is 0.240. The lowest BCUT2D eigenvalue weighted by molar-refractivity contribution is 0.388. The van der Waals surface area contributed by atoms with Crippen LogP contribution in [0, 0.1) is 0 Å². The van der Waals surface area contributed by atoms with Crippen LogP contribution in [0.5, 0.6) is 11.5 Å². The van der Waals surface area contributed by atoms with Gasteiger partial charge in [-0.3, -0.25) is 0 Å². The molecule has 7 nitrogen and oxygen atoms in total. The molecule has 102 valence electrons. The predicted molar refractivity (Wildman–Crippen MR) is 69.2 cm³/mol. The van der Waals surface area contributed by atoms with Crippen molar-refractivity contribution in [1.82, 2.24) is 20.2 Å². The van der Waals surface area contributed by atoms with E-state index >= 15 is 0 Å². The molecular formula is C12H17N5O2. The Morgan fingerprint density at radius 3 is 2.79 bits per heavy atom. The van der Waals surface area contributed by atoms with Crippen molar-refractivity contribution in [1.29, 1.82) is 0 Å². The van der Waals surface area contributed by atoms with E-state index in [0.29, 0.717) is 25.3 Å². The molecule has 0 spiro atoms. The molecule has 7 heteroatoms. The first-order valence-electron chi connectivity index (χ1n) is 5.94. The number of nitrogens with zero attached hydrogens (tertiary/aromatic N) is 4. The Morgan fingerprint density at radius 2 is 2.11 bits per heavy atom. The van der Waals surface area contributed by atoms with E-state index in [4.69, 9.17) is 15.2 Å². The van der Waals surface area contributed by atoms with Crippen LogP contribution in [0.1, 0.15) is 11.4 Å². The summed E-state index contributed by atoms with van der Waals surface area (Å²) < 4.78 is 10.5. The Bertz CT molecular complexity index is 541. The Labute approximate surface area is 111 Å². The number of hydrogen-bond acceptors (Lipinski definition) is 6. The molecule has 0 aliphatic heterocycles. The fraction of sp³-hybridized carbons (Fsp3) is 0.417. The fourth-order valence-corrected chi connectivity index (χ4v) is 1.71. The average molecular weight is 263 g/mol. The van der Waals surface area contributed by atoms with Crippen LogP contribution in [0.25, 0.3) is 0 Å². The van der Waals surface area contributed by atoms with Crippen LogP contribution in [0.4, 0.5) is 0 Å². The molecule has 0 radical (unpaired) electrons. The number of tetrazole rings is 1. The third-order valence-electron chi connectivity index (χ3n) is 2.67. The van der Waals surface area contributed by atoms with Gasteiger partial charge in [-0.15, -0.1) is 10.2 Å². The summed E-state index contributed by atoms with van der Waals surface area (Å²) in [4.78, 5) is 1.52. The molecule has 0 saturated heterocycles. The van der Waals surface area contributed by atoms with Crippen molar-refractivity contribution in [2.45, 2.75) is 13.0 Å². The minimum atomic E-state index is 0.491. The smallest absolute Gasteiger partial charge is 0.176 e. The molecule has 1 aromatic carbocycles. The van der Waals surface area contributed by atoms with Crippen molar-refractivity contribution in [3.8, 4) is 11.5 Å². The number of ether oxygens (including phenoxy) is 2. The van der Waals surface area contributed by atoms with E-state index in [1.165, 1.54) is 4.80 Å². The standard InChI is InChI=1S/C12H17N5O2/c1-18-10-4-3-9(11(7-10)19-2)8-17-15-12(5-6-13)14-16-17/h3-4,7H,5-6,8,13H2,1-2H3. The van der Waals surface area contributed by atoms with Crippen molar-refractivity contribution in [3.05, 3.63) is 29.6 Å². The van der Waals surface area contributed by atoms with Gasteiger partial charge in [-0.05, 0) is 23.9 Å². The second kappa shape index (κ2) is 6.14. The van der Waals surface area contributed by atoms with E-state index < -0.39 is 0 Å². The van der Waals surface area contributed by atoms with Crippen LogP contribution in [0.2, 0.25) is 0 Å². The molecule has 0 aliphatic carbocycles. The van der Waals surface area contributed by atoms with Crippen molar-refractivity contribution in [2.75, 3.05) is 20.8 Å².